The standard InChI is InChI=1S/C21H33NO4S/c1-14(2)19(12-23)22-27(25,17-9-7-15(3)8-10-17)13-21-11-5-6-18(21)20(24)16(4)26-21/h7-10,14,16,18-20,23-24H,5-6,11-13H2,1-4H3/t16-,18-,19+,20-,21+,27?/m1/s1. The molecule has 1 unspecified atom stereocenters. The number of hydrogen-bond acceptors (Lipinski definition) is 5. The lowest BCUT2D eigenvalue weighted by Crippen LogP contribution is -2.41. The maximum Gasteiger partial charge on any atom is 0.0868 e. The molecule has 27 heavy (non-hydrogen) atoms. The molecule has 5 nitrogen and oxygen atoms in total. The summed E-state index contributed by atoms with van der Waals surface area (Å²) in [5.41, 5.74) is 0.502. The number of benzene rings is 1. The molecule has 2 N–H and O–H groups in total. The number of hydrogen-bond donors (Lipinski definition) is 2. The second kappa shape index (κ2) is 7.82. The van der Waals surface area contributed by atoms with E-state index in [2.05, 4.69) is 0 Å². The molecule has 6 atom stereocenters. The Kier molecular flexibility index (Phi) is 6.02. The Morgan fingerprint density at radius 1 is 1.33 bits per heavy atom. The maximum absolute atomic E-state index is 14.2. The van der Waals surface area contributed by atoms with Crippen molar-refractivity contribution >= 4 is 9.73 Å². The van der Waals surface area contributed by atoms with Crippen molar-refractivity contribution in [2.45, 2.75) is 75.7 Å². The van der Waals surface area contributed by atoms with E-state index >= 15 is 0 Å². The van der Waals surface area contributed by atoms with Gasteiger partial charge >= 0.3 is 0 Å². The maximum atomic E-state index is 14.2. The molecular formula is C21H33NO4S. The average molecular weight is 396 g/mol. The van der Waals surface area contributed by atoms with E-state index < -0.39 is 21.4 Å². The van der Waals surface area contributed by atoms with Gasteiger partial charge in [-0.2, -0.15) is 0 Å². The van der Waals surface area contributed by atoms with E-state index in [-0.39, 0.29) is 36.3 Å². The number of ether oxygens (including phenoxy) is 1. The van der Waals surface area contributed by atoms with Gasteiger partial charge in [-0.05, 0) is 44.7 Å². The van der Waals surface area contributed by atoms with Crippen LogP contribution in [-0.2, 0) is 14.5 Å². The van der Waals surface area contributed by atoms with E-state index in [0.717, 1.165) is 24.8 Å². The van der Waals surface area contributed by atoms with Crippen molar-refractivity contribution < 1.29 is 19.2 Å². The van der Waals surface area contributed by atoms with Crippen molar-refractivity contribution in [3.05, 3.63) is 29.8 Å². The fourth-order valence-electron chi connectivity index (χ4n) is 4.53. The van der Waals surface area contributed by atoms with Gasteiger partial charge in [0, 0.05) is 10.8 Å². The molecule has 2 aliphatic rings. The first kappa shape index (κ1) is 20.8. The summed E-state index contributed by atoms with van der Waals surface area (Å²) in [6, 6.07) is 7.27. The van der Waals surface area contributed by atoms with Crippen LogP contribution in [0, 0.1) is 18.8 Å². The normalized spacial score (nSPS) is 33.7. The van der Waals surface area contributed by atoms with Gasteiger partial charge in [0.1, 0.15) is 0 Å². The van der Waals surface area contributed by atoms with Crippen LogP contribution in [-0.4, -0.2) is 50.6 Å². The summed E-state index contributed by atoms with van der Waals surface area (Å²) >= 11 is 0. The van der Waals surface area contributed by atoms with Gasteiger partial charge in [-0.15, -0.1) is 0 Å². The summed E-state index contributed by atoms with van der Waals surface area (Å²) in [6.45, 7) is 7.72. The zero-order valence-corrected chi connectivity index (χ0v) is 17.6. The Labute approximate surface area is 163 Å². The minimum Gasteiger partial charge on any atom is -0.394 e. The van der Waals surface area contributed by atoms with Crippen molar-refractivity contribution in [3.63, 3.8) is 0 Å². The molecule has 0 bridgehead atoms. The lowest BCUT2D eigenvalue weighted by Gasteiger charge is -2.31. The summed E-state index contributed by atoms with van der Waals surface area (Å²) in [4.78, 5) is 0.685. The lowest BCUT2D eigenvalue weighted by molar-refractivity contribution is -0.0335. The molecule has 0 spiro atoms. The predicted molar refractivity (Wildman–Crippen MR) is 107 cm³/mol. The third-order valence-electron chi connectivity index (χ3n) is 6.20. The van der Waals surface area contributed by atoms with Crippen molar-refractivity contribution in [2.24, 2.45) is 16.2 Å². The number of nitrogens with zero attached hydrogens (tertiary/aromatic N) is 1. The summed E-state index contributed by atoms with van der Waals surface area (Å²) < 4.78 is 25.2. The van der Waals surface area contributed by atoms with Crippen LogP contribution in [0.4, 0.5) is 0 Å². The van der Waals surface area contributed by atoms with Crippen LogP contribution in [0.3, 0.4) is 0 Å². The molecule has 1 aliphatic carbocycles. The first-order chi connectivity index (χ1) is 12.7. The third-order valence-corrected chi connectivity index (χ3v) is 8.70. The molecule has 1 saturated carbocycles. The summed E-state index contributed by atoms with van der Waals surface area (Å²) in [5, 5.41) is 20.4. The van der Waals surface area contributed by atoms with E-state index in [4.69, 9.17) is 9.10 Å². The smallest absolute Gasteiger partial charge is 0.0868 e. The van der Waals surface area contributed by atoms with Gasteiger partial charge in [0.25, 0.3) is 0 Å². The van der Waals surface area contributed by atoms with Gasteiger partial charge in [0.05, 0.1) is 45.9 Å². The van der Waals surface area contributed by atoms with Crippen LogP contribution >= 0.6 is 0 Å². The molecule has 3 rings (SSSR count). The summed E-state index contributed by atoms with van der Waals surface area (Å²) in [6.07, 6.45) is 1.88. The highest BCUT2D eigenvalue weighted by Gasteiger charge is 2.56. The second-order valence-electron chi connectivity index (χ2n) is 8.57. The Morgan fingerprint density at radius 3 is 2.59 bits per heavy atom. The third kappa shape index (κ3) is 3.95. The van der Waals surface area contributed by atoms with Crippen LogP contribution in [0.25, 0.3) is 0 Å². The topological polar surface area (TPSA) is 79.1 Å². The quantitative estimate of drug-likeness (QED) is 0.775. The van der Waals surface area contributed by atoms with Crippen LogP contribution in [0.1, 0.15) is 45.6 Å². The highest BCUT2D eigenvalue weighted by atomic mass is 32.2. The molecule has 152 valence electrons. The Morgan fingerprint density at radius 2 is 2.00 bits per heavy atom. The van der Waals surface area contributed by atoms with Crippen LogP contribution < -0.4 is 0 Å². The Balaban J connectivity index is 2.07. The van der Waals surface area contributed by atoms with Gasteiger partial charge in [-0.1, -0.05) is 38.0 Å². The van der Waals surface area contributed by atoms with Crippen molar-refractivity contribution in [1.82, 2.24) is 0 Å². The van der Waals surface area contributed by atoms with Gasteiger partial charge < -0.3 is 14.9 Å². The largest absolute Gasteiger partial charge is 0.394 e. The van der Waals surface area contributed by atoms with Gasteiger partial charge in [0.2, 0.25) is 0 Å². The molecule has 1 aromatic rings. The minimum absolute atomic E-state index is 0.000555. The molecule has 1 saturated heterocycles. The summed E-state index contributed by atoms with van der Waals surface area (Å²) in [7, 11) is -2.81. The highest BCUT2D eigenvalue weighted by molar-refractivity contribution is 7.93. The minimum atomic E-state index is -2.81. The molecule has 0 aromatic heterocycles. The molecule has 2 fully saturated rings. The number of aliphatic hydroxyl groups is 2. The van der Waals surface area contributed by atoms with Gasteiger partial charge in [-0.3, -0.25) is 0 Å². The molecule has 0 amide bonds. The number of aliphatic hydroxyl groups excluding tert-OH is 2. The van der Waals surface area contributed by atoms with Crippen LogP contribution in [0.15, 0.2) is 33.5 Å². The molecule has 1 aliphatic heterocycles. The van der Waals surface area contributed by atoms with E-state index in [1.807, 2.05) is 52.0 Å². The van der Waals surface area contributed by atoms with Gasteiger partial charge in [-0.25, -0.2) is 8.57 Å². The molecule has 1 heterocycles. The van der Waals surface area contributed by atoms with E-state index in [9.17, 15) is 14.4 Å². The van der Waals surface area contributed by atoms with Crippen LogP contribution in [0.2, 0.25) is 0 Å². The zero-order valence-electron chi connectivity index (χ0n) is 16.8. The lowest BCUT2D eigenvalue weighted by atomic mass is 9.90. The molecular weight excluding hydrogens is 362 g/mol. The first-order valence-electron chi connectivity index (χ1n) is 9.98. The monoisotopic (exact) mass is 395 g/mol. The fourth-order valence-corrected chi connectivity index (χ4v) is 7.29. The summed E-state index contributed by atoms with van der Waals surface area (Å²) in [5.74, 6) is 0.367. The first-order valence-corrected chi connectivity index (χ1v) is 11.7. The predicted octanol–water partition coefficient (Wildman–Crippen LogP) is 3.16. The van der Waals surface area contributed by atoms with Crippen LogP contribution in [0.5, 0.6) is 0 Å². The molecule has 0 radical (unpaired) electrons. The molecule has 1 aromatic carbocycles. The van der Waals surface area contributed by atoms with Crippen molar-refractivity contribution in [3.8, 4) is 0 Å². The van der Waals surface area contributed by atoms with Crippen molar-refractivity contribution in [1.29, 1.82) is 0 Å². The highest BCUT2D eigenvalue weighted by Crippen LogP contribution is 2.49. The van der Waals surface area contributed by atoms with E-state index in [1.165, 1.54) is 0 Å². The SMILES string of the molecule is Cc1ccc(S(=O)(C[C@@]23CCC[C@@H]2[C@H](O)[C@@H](C)O3)=N[C@@H](CO)C(C)C)cc1. The van der Waals surface area contributed by atoms with E-state index in [0.29, 0.717) is 4.90 Å². The second-order valence-corrected chi connectivity index (χ2v) is 10.8. The molecule has 6 heteroatoms. The van der Waals surface area contributed by atoms with Crippen molar-refractivity contribution in [2.75, 3.05) is 12.4 Å². The fraction of sp³-hybridized carbons (Fsp3) is 0.714. The zero-order chi connectivity index (χ0) is 19.8. The average Bonchev–Trinajstić information content (AvgIpc) is 3.10. The van der Waals surface area contributed by atoms with Gasteiger partial charge in [0.15, 0.2) is 0 Å². The van der Waals surface area contributed by atoms with E-state index in [1.54, 1.807) is 0 Å². The Bertz CT molecular complexity index is 769. The number of rotatable bonds is 6. The Hall–Kier alpha value is -0.950. The number of aryl methyl sites for hydroxylation is 1. The number of fused-ring (bicyclic) bond motifs is 1.